The van der Waals surface area contributed by atoms with Crippen molar-refractivity contribution in [3.8, 4) is 11.5 Å². The van der Waals surface area contributed by atoms with E-state index in [4.69, 9.17) is 13.9 Å². The number of furan rings is 1. The summed E-state index contributed by atoms with van der Waals surface area (Å²) in [5.41, 5.74) is 1.46. The number of rotatable bonds is 9. The Bertz CT molecular complexity index is 1260. The second-order valence-electron chi connectivity index (χ2n) is 7.32. The first kappa shape index (κ1) is 22.7. The molecule has 4 aromatic rings. The fourth-order valence-electron chi connectivity index (χ4n) is 3.09. The summed E-state index contributed by atoms with van der Waals surface area (Å²) < 4.78 is 18.3. The van der Waals surface area contributed by atoms with Gasteiger partial charge in [0.1, 0.15) is 23.9 Å². The van der Waals surface area contributed by atoms with E-state index in [1.165, 1.54) is 0 Å². The van der Waals surface area contributed by atoms with Crippen LogP contribution in [0.15, 0.2) is 77.3 Å². The number of aromatic nitrogens is 2. The second-order valence-corrected chi connectivity index (χ2v) is 7.32. The summed E-state index contributed by atoms with van der Waals surface area (Å²) in [6.07, 6.45) is 1.69. The third kappa shape index (κ3) is 5.83. The third-order valence-electron chi connectivity index (χ3n) is 4.75. The maximum Gasteiger partial charge on any atom is 0.291 e. The van der Waals surface area contributed by atoms with Crippen molar-refractivity contribution in [1.82, 2.24) is 9.78 Å². The lowest BCUT2D eigenvalue weighted by Gasteiger charge is -2.07. The smallest absolute Gasteiger partial charge is 0.291 e. The summed E-state index contributed by atoms with van der Waals surface area (Å²) in [5.74, 6) is 1.42. The number of amides is 2. The van der Waals surface area contributed by atoms with Crippen molar-refractivity contribution in [3.63, 3.8) is 0 Å². The van der Waals surface area contributed by atoms with E-state index >= 15 is 0 Å². The Labute approximate surface area is 196 Å². The summed E-state index contributed by atoms with van der Waals surface area (Å²) in [6.45, 7) is 2.71. The van der Waals surface area contributed by atoms with Crippen LogP contribution < -0.4 is 20.1 Å². The molecule has 2 aromatic heterocycles. The van der Waals surface area contributed by atoms with Gasteiger partial charge < -0.3 is 24.5 Å². The number of ether oxygens (including phenoxy) is 2. The molecule has 4 rings (SSSR count). The molecule has 174 valence electrons. The van der Waals surface area contributed by atoms with E-state index in [1.54, 1.807) is 60.4 Å². The Morgan fingerprint density at radius 2 is 1.47 bits per heavy atom. The molecule has 2 amide bonds. The molecule has 0 fully saturated rings. The predicted molar refractivity (Wildman–Crippen MR) is 126 cm³/mol. The molecule has 0 radical (unpaired) electrons. The van der Waals surface area contributed by atoms with Crippen molar-refractivity contribution in [2.75, 3.05) is 17.2 Å². The van der Waals surface area contributed by atoms with Crippen molar-refractivity contribution in [1.29, 1.82) is 0 Å². The highest BCUT2D eigenvalue weighted by Gasteiger charge is 2.13. The molecule has 0 atom stereocenters. The van der Waals surface area contributed by atoms with Crippen molar-refractivity contribution in [2.24, 2.45) is 7.05 Å². The largest absolute Gasteiger partial charge is 0.494 e. The summed E-state index contributed by atoms with van der Waals surface area (Å²) in [4.78, 5) is 24.7. The average molecular weight is 460 g/mol. The molecular formula is C25H24N4O5. The van der Waals surface area contributed by atoms with Crippen LogP contribution in [0.5, 0.6) is 11.5 Å². The van der Waals surface area contributed by atoms with E-state index in [9.17, 15) is 9.59 Å². The van der Waals surface area contributed by atoms with Crippen LogP contribution in [-0.4, -0.2) is 28.2 Å². The van der Waals surface area contributed by atoms with E-state index < -0.39 is 5.91 Å². The fourth-order valence-corrected chi connectivity index (χ4v) is 3.09. The number of nitrogens with one attached hydrogen (secondary N) is 2. The van der Waals surface area contributed by atoms with Gasteiger partial charge in [-0.25, -0.2) is 0 Å². The second kappa shape index (κ2) is 10.4. The number of carbonyl (C=O) groups is 2. The summed E-state index contributed by atoms with van der Waals surface area (Å²) >= 11 is 0. The van der Waals surface area contributed by atoms with Crippen LogP contribution >= 0.6 is 0 Å². The standard InChI is InChI=1S/C25H24N4O5/c1-3-32-19-8-10-20(11-9-19)33-16-21-12-13-23(34-21)25(31)27-18-6-4-17(5-7-18)26-24(30)22-14-15-29(2)28-22/h4-15H,3,16H2,1-2H3,(H,26,30)(H,27,31). The van der Waals surface area contributed by atoms with Gasteiger partial charge in [-0.1, -0.05) is 0 Å². The van der Waals surface area contributed by atoms with E-state index in [0.29, 0.717) is 35.2 Å². The van der Waals surface area contributed by atoms with Gasteiger partial charge in [0.25, 0.3) is 11.8 Å². The van der Waals surface area contributed by atoms with Crippen LogP contribution in [0.3, 0.4) is 0 Å². The molecule has 0 aliphatic rings. The molecule has 9 nitrogen and oxygen atoms in total. The van der Waals surface area contributed by atoms with Crippen LogP contribution in [0, 0.1) is 0 Å². The Hall–Kier alpha value is -4.53. The molecule has 2 heterocycles. The van der Waals surface area contributed by atoms with Gasteiger partial charge in [-0.05, 0) is 73.7 Å². The monoisotopic (exact) mass is 460 g/mol. The highest BCUT2D eigenvalue weighted by Crippen LogP contribution is 2.20. The van der Waals surface area contributed by atoms with Crippen LogP contribution in [0.2, 0.25) is 0 Å². The van der Waals surface area contributed by atoms with Gasteiger partial charge in [0.2, 0.25) is 0 Å². The molecule has 0 spiro atoms. The topological polar surface area (TPSA) is 108 Å². The molecule has 0 saturated heterocycles. The molecule has 0 saturated carbocycles. The van der Waals surface area contributed by atoms with Gasteiger partial charge in [-0.15, -0.1) is 0 Å². The summed E-state index contributed by atoms with van der Waals surface area (Å²) in [5, 5.41) is 9.58. The van der Waals surface area contributed by atoms with E-state index in [1.807, 2.05) is 31.2 Å². The number of benzene rings is 2. The lowest BCUT2D eigenvalue weighted by molar-refractivity contribution is 0.0990. The minimum atomic E-state index is -0.391. The van der Waals surface area contributed by atoms with Gasteiger partial charge in [0.05, 0.1) is 6.61 Å². The molecule has 0 bridgehead atoms. The fraction of sp³-hybridized carbons (Fsp3) is 0.160. The number of carbonyl (C=O) groups excluding carboxylic acids is 2. The highest BCUT2D eigenvalue weighted by atomic mass is 16.5. The number of hydrogen-bond acceptors (Lipinski definition) is 6. The van der Waals surface area contributed by atoms with Crippen LogP contribution in [0.25, 0.3) is 0 Å². The number of nitrogens with zero attached hydrogens (tertiary/aromatic N) is 2. The third-order valence-corrected chi connectivity index (χ3v) is 4.75. The summed E-state index contributed by atoms with van der Waals surface area (Å²) in [7, 11) is 1.74. The first-order chi connectivity index (χ1) is 16.5. The molecule has 9 heteroatoms. The lowest BCUT2D eigenvalue weighted by Crippen LogP contribution is -2.13. The first-order valence-electron chi connectivity index (χ1n) is 10.7. The molecular weight excluding hydrogens is 436 g/mol. The van der Waals surface area contributed by atoms with Crippen LogP contribution in [0.1, 0.15) is 33.7 Å². The van der Waals surface area contributed by atoms with Crippen molar-refractivity contribution in [2.45, 2.75) is 13.5 Å². The minimum Gasteiger partial charge on any atom is -0.494 e. The van der Waals surface area contributed by atoms with Gasteiger partial charge in [0, 0.05) is 24.6 Å². The average Bonchev–Trinajstić information content (AvgIpc) is 3.49. The maximum absolute atomic E-state index is 12.5. The highest BCUT2D eigenvalue weighted by molar-refractivity contribution is 6.04. The van der Waals surface area contributed by atoms with Crippen LogP contribution in [0.4, 0.5) is 11.4 Å². The van der Waals surface area contributed by atoms with E-state index in [-0.39, 0.29) is 18.3 Å². The number of hydrogen-bond donors (Lipinski definition) is 2. The van der Waals surface area contributed by atoms with Crippen LogP contribution in [-0.2, 0) is 13.7 Å². The number of aryl methyl sites for hydroxylation is 1. The Morgan fingerprint density at radius 1 is 0.853 bits per heavy atom. The van der Waals surface area contributed by atoms with Crippen molar-refractivity contribution in [3.05, 3.63) is 90.1 Å². The van der Waals surface area contributed by atoms with Crippen molar-refractivity contribution < 1.29 is 23.5 Å². The maximum atomic E-state index is 12.5. The van der Waals surface area contributed by atoms with Gasteiger partial charge in [-0.3, -0.25) is 14.3 Å². The molecule has 0 aliphatic carbocycles. The zero-order valence-electron chi connectivity index (χ0n) is 18.8. The van der Waals surface area contributed by atoms with Gasteiger partial charge in [0.15, 0.2) is 11.5 Å². The summed E-state index contributed by atoms with van der Waals surface area (Å²) in [6, 6.07) is 18.9. The Morgan fingerprint density at radius 3 is 2.06 bits per heavy atom. The Kier molecular flexibility index (Phi) is 6.92. The SMILES string of the molecule is CCOc1ccc(OCc2ccc(C(=O)Nc3ccc(NC(=O)c4ccn(C)n4)cc3)o2)cc1. The molecule has 2 aromatic carbocycles. The molecule has 2 N–H and O–H groups in total. The van der Waals surface area contributed by atoms with Gasteiger partial charge in [-0.2, -0.15) is 5.10 Å². The lowest BCUT2D eigenvalue weighted by atomic mass is 10.2. The van der Waals surface area contributed by atoms with Gasteiger partial charge >= 0.3 is 0 Å². The Balaban J connectivity index is 1.28. The molecule has 0 unspecified atom stereocenters. The predicted octanol–water partition coefficient (Wildman–Crippen LogP) is 4.50. The quantitative estimate of drug-likeness (QED) is 0.381. The minimum absolute atomic E-state index is 0.165. The van der Waals surface area contributed by atoms with E-state index in [0.717, 1.165) is 5.75 Å². The molecule has 0 aliphatic heterocycles. The zero-order chi connectivity index (χ0) is 23.9. The number of anilines is 2. The normalized spacial score (nSPS) is 10.5. The first-order valence-corrected chi connectivity index (χ1v) is 10.7. The zero-order valence-corrected chi connectivity index (χ0v) is 18.8. The van der Waals surface area contributed by atoms with Crippen molar-refractivity contribution >= 4 is 23.2 Å². The van der Waals surface area contributed by atoms with E-state index in [2.05, 4.69) is 15.7 Å². The molecule has 34 heavy (non-hydrogen) atoms.